The third-order valence-electron chi connectivity index (χ3n) is 4.77. The smallest absolute Gasteiger partial charge is 0.154 e. The predicted octanol–water partition coefficient (Wildman–Crippen LogP) is 4.73. The van der Waals surface area contributed by atoms with E-state index in [4.69, 9.17) is 0 Å². The molecule has 128 valence electrons. The van der Waals surface area contributed by atoms with Crippen molar-refractivity contribution in [2.45, 2.75) is 5.66 Å². The molecule has 4 rings (SSSR count). The van der Waals surface area contributed by atoms with Gasteiger partial charge in [-0.1, -0.05) is 97.1 Å². The molecule has 0 saturated carbocycles. The Labute approximate surface area is 153 Å². The molecule has 0 radical (unpaired) electrons. The van der Waals surface area contributed by atoms with E-state index in [2.05, 4.69) is 0 Å². The topological polar surface area (TPSA) is 37.3 Å². The van der Waals surface area contributed by atoms with Gasteiger partial charge in [0.1, 0.15) is 5.75 Å². The Morgan fingerprint density at radius 1 is 0.731 bits per heavy atom. The molecule has 1 atom stereocenters. The lowest BCUT2D eigenvalue weighted by molar-refractivity contribution is 0.473. The number of allylic oxidation sites excluding steroid dienone is 4. The number of phenolic OH excluding ortho intramolecular Hbond substituents is 1. The van der Waals surface area contributed by atoms with Crippen LogP contribution in [-0.4, -0.2) is 10.8 Å². The quantitative estimate of drug-likeness (QED) is 0.685. The lowest BCUT2D eigenvalue weighted by Gasteiger charge is -2.27. The minimum atomic E-state index is -2.98. The third kappa shape index (κ3) is 2.73. The van der Waals surface area contributed by atoms with Gasteiger partial charge in [-0.15, -0.1) is 0 Å². The second-order valence-corrected chi connectivity index (χ2v) is 9.20. The first-order valence-electron chi connectivity index (χ1n) is 8.59. The molecule has 0 amide bonds. The molecule has 1 N–H and O–H groups in total. The molecule has 0 aliphatic heterocycles. The Morgan fingerprint density at radius 2 is 1.27 bits per heavy atom. The highest BCUT2D eigenvalue weighted by Crippen LogP contribution is 2.56. The summed E-state index contributed by atoms with van der Waals surface area (Å²) in [6.07, 6.45) is 5.88. The Bertz CT molecular complexity index is 977. The first-order chi connectivity index (χ1) is 12.7. The van der Waals surface area contributed by atoms with Crippen molar-refractivity contribution in [3.05, 3.63) is 109 Å². The third-order valence-corrected chi connectivity index (χ3v) is 8.14. The summed E-state index contributed by atoms with van der Waals surface area (Å²) in [7, 11) is -2.98. The van der Waals surface area contributed by atoms with Crippen LogP contribution in [-0.2, 0) is 4.57 Å². The van der Waals surface area contributed by atoms with Crippen LogP contribution in [0.2, 0.25) is 0 Å². The fourth-order valence-electron chi connectivity index (χ4n) is 3.52. The lowest BCUT2D eigenvalue weighted by Crippen LogP contribution is -2.24. The van der Waals surface area contributed by atoms with E-state index in [9.17, 15) is 9.67 Å². The number of aromatic hydroxyl groups is 1. The van der Waals surface area contributed by atoms with Gasteiger partial charge in [0.25, 0.3) is 0 Å². The molecule has 0 aromatic heterocycles. The second kappa shape index (κ2) is 6.82. The molecule has 0 saturated heterocycles. The Morgan fingerprint density at radius 3 is 1.85 bits per heavy atom. The molecular formula is C23H19O2P. The normalized spacial score (nSPS) is 16.5. The van der Waals surface area contributed by atoms with E-state index in [1.54, 1.807) is 12.1 Å². The maximum atomic E-state index is 14.5. The first kappa shape index (κ1) is 16.6. The van der Waals surface area contributed by atoms with E-state index in [-0.39, 0.29) is 11.4 Å². The number of benzene rings is 3. The predicted molar refractivity (Wildman–Crippen MR) is 109 cm³/mol. The number of para-hydroxylation sites is 1. The summed E-state index contributed by atoms with van der Waals surface area (Å²) in [5, 5.41) is 12.0. The van der Waals surface area contributed by atoms with Gasteiger partial charge in [-0.25, -0.2) is 0 Å². The summed E-state index contributed by atoms with van der Waals surface area (Å²) in [4.78, 5) is 0. The number of hydrogen-bond donors (Lipinski definition) is 1. The van der Waals surface area contributed by atoms with Crippen LogP contribution in [0.5, 0.6) is 5.75 Å². The molecular weight excluding hydrogens is 339 g/mol. The molecule has 26 heavy (non-hydrogen) atoms. The van der Waals surface area contributed by atoms with E-state index in [1.807, 2.05) is 91.0 Å². The highest BCUT2D eigenvalue weighted by Gasteiger charge is 2.39. The molecule has 3 aromatic rings. The van der Waals surface area contributed by atoms with E-state index >= 15 is 0 Å². The van der Waals surface area contributed by atoms with Gasteiger partial charge in [0.2, 0.25) is 0 Å². The van der Waals surface area contributed by atoms with Crippen molar-refractivity contribution in [2.75, 3.05) is 0 Å². The average Bonchev–Trinajstić information content (AvgIpc) is 3.19. The van der Waals surface area contributed by atoms with Crippen LogP contribution in [0.1, 0.15) is 5.56 Å². The van der Waals surface area contributed by atoms with Crippen LogP contribution in [0, 0.1) is 0 Å². The molecule has 1 unspecified atom stereocenters. The minimum Gasteiger partial charge on any atom is -0.507 e. The van der Waals surface area contributed by atoms with Crippen LogP contribution < -0.4 is 10.6 Å². The Hall–Kier alpha value is -2.83. The van der Waals surface area contributed by atoms with Crippen molar-refractivity contribution in [3.63, 3.8) is 0 Å². The van der Waals surface area contributed by atoms with Crippen molar-refractivity contribution in [3.8, 4) is 5.75 Å². The van der Waals surface area contributed by atoms with E-state index < -0.39 is 7.14 Å². The molecule has 0 fully saturated rings. The SMILES string of the molecule is O=P(c1ccccc1)(c1ccccc1)C1C=CC=C1c1ccccc1O. The molecule has 0 spiro atoms. The summed E-state index contributed by atoms with van der Waals surface area (Å²) in [5.41, 5.74) is 1.31. The number of phenols is 1. The molecule has 3 heteroatoms. The standard InChI is InChI=1S/C23H19O2P/c24-22-16-8-7-14-20(22)21-15-9-17-23(21)26(25,18-10-3-1-4-11-18)19-12-5-2-6-13-19/h1-17,23-24H. The van der Waals surface area contributed by atoms with Crippen molar-refractivity contribution in [1.29, 1.82) is 0 Å². The zero-order chi connectivity index (χ0) is 18.0. The van der Waals surface area contributed by atoms with E-state index in [0.717, 1.165) is 21.7 Å². The van der Waals surface area contributed by atoms with Crippen LogP contribution in [0.15, 0.2) is 103 Å². The number of rotatable bonds is 4. The Balaban J connectivity index is 1.91. The minimum absolute atomic E-state index is 0.208. The van der Waals surface area contributed by atoms with Gasteiger partial charge in [0, 0.05) is 16.2 Å². The molecule has 1 aliphatic rings. The van der Waals surface area contributed by atoms with E-state index in [1.165, 1.54) is 0 Å². The zero-order valence-corrected chi connectivity index (χ0v) is 15.1. The fourth-order valence-corrected chi connectivity index (χ4v) is 6.65. The second-order valence-electron chi connectivity index (χ2n) is 6.30. The van der Waals surface area contributed by atoms with Crippen LogP contribution in [0.25, 0.3) is 5.57 Å². The average molecular weight is 358 g/mol. The maximum Gasteiger partial charge on any atom is 0.154 e. The van der Waals surface area contributed by atoms with Crippen LogP contribution in [0.3, 0.4) is 0 Å². The molecule has 1 aliphatic carbocycles. The molecule has 2 nitrogen and oxygen atoms in total. The fraction of sp³-hybridized carbons (Fsp3) is 0.0435. The summed E-state index contributed by atoms with van der Waals surface area (Å²) >= 11 is 0. The van der Waals surface area contributed by atoms with Crippen LogP contribution >= 0.6 is 7.14 Å². The van der Waals surface area contributed by atoms with Gasteiger partial charge in [0.05, 0.1) is 5.66 Å². The monoisotopic (exact) mass is 358 g/mol. The van der Waals surface area contributed by atoms with Gasteiger partial charge in [-0.2, -0.15) is 0 Å². The van der Waals surface area contributed by atoms with Gasteiger partial charge in [-0.3, -0.25) is 0 Å². The Kier molecular flexibility index (Phi) is 4.36. The van der Waals surface area contributed by atoms with Crippen molar-refractivity contribution < 1.29 is 9.67 Å². The van der Waals surface area contributed by atoms with E-state index in [0.29, 0.717) is 0 Å². The van der Waals surface area contributed by atoms with Crippen molar-refractivity contribution in [1.82, 2.24) is 0 Å². The van der Waals surface area contributed by atoms with Gasteiger partial charge in [-0.05, 0) is 11.6 Å². The van der Waals surface area contributed by atoms with Crippen molar-refractivity contribution in [2.24, 2.45) is 0 Å². The highest BCUT2D eigenvalue weighted by atomic mass is 31.2. The summed E-state index contributed by atoms with van der Waals surface area (Å²) < 4.78 is 14.5. The van der Waals surface area contributed by atoms with Gasteiger partial charge < -0.3 is 9.67 Å². The largest absolute Gasteiger partial charge is 0.507 e. The maximum absolute atomic E-state index is 14.5. The summed E-state index contributed by atoms with van der Waals surface area (Å²) in [5.74, 6) is 0.208. The molecule has 3 aromatic carbocycles. The van der Waals surface area contributed by atoms with Crippen LogP contribution in [0.4, 0.5) is 0 Å². The lowest BCUT2D eigenvalue weighted by atomic mass is 10.0. The highest BCUT2D eigenvalue weighted by molar-refractivity contribution is 7.80. The molecule has 0 heterocycles. The molecule has 0 bridgehead atoms. The summed E-state index contributed by atoms with van der Waals surface area (Å²) in [6, 6.07) is 26.5. The van der Waals surface area contributed by atoms with Gasteiger partial charge in [0.15, 0.2) is 7.14 Å². The first-order valence-corrected chi connectivity index (χ1v) is 10.4. The van der Waals surface area contributed by atoms with Gasteiger partial charge >= 0.3 is 0 Å². The zero-order valence-electron chi connectivity index (χ0n) is 14.2. The van der Waals surface area contributed by atoms with Crippen molar-refractivity contribution >= 4 is 23.3 Å². The summed E-state index contributed by atoms with van der Waals surface area (Å²) in [6.45, 7) is 0. The number of hydrogen-bond acceptors (Lipinski definition) is 2.